The Bertz CT molecular complexity index is 789. The van der Waals surface area contributed by atoms with Crippen molar-refractivity contribution in [2.45, 2.75) is 16.7 Å². The van der Waals surface area contributed by atoms with Gasteiger partial charge in [0.25, 0.3) is 5.78 Å². The fourth-order valence-corrected chi connectivity index (χ4v) is 3.98. The van der Waals surface area contributed by atoms with Crippen molar-refractivity contribution in [3.8, 4) is 0 Å². The fourth-order valence-electron chi connectivity index (χ4n) is 1.56. The second-order valence-corrected chi connectivity index (χ2v) is 8.22. The molecule has 7 nitrogen and oxygen atoms in total. The molecule has 0 aromatic heterocycles. The quantitative estimate of drug-likeness (QED) is 0.431. The summed E-state index contributed by atoms with van der Waals surface area (Å²) in [5, 5.41) is 0. The Morgan fingerprint density at radius 1 is 1.00 bits per heavy atom. The van der Waals surface area contributed by atoms with E-state index in [1.807, 2.05) is 0 Å². The van der Waals surface area contributed by atoms with Crippen LogP contribution >= 0.6 is 0 Å². The molecule has 0 aliphatic heterocycles. The van der Waals surface area contributed by atoms with E-state index in [-0.39, 0.29) is 12.2 Å². The average molecular weight is 334 g/mol. The zero-order valence-corrected chi connectivity index (χ0v) is 13.2. The van der Waals surface area contributed by atoms with Gasteiger partial charge in [-0.3, -0.25) is 4.79 Å². The van der Waals surface area contributed by atoms with E-state index in [0.29, 0.717) is 0 Å². The van der Waals surface area contributed by atoms with E-state index in [1.54, 1.807) is 0 Å². The first-order valence-electron chi connectivity index (χ1n) is 5.74. The highest BCUT2D eigenvalue weighted by Gasteiger charge is 2.25. The normalized spacial score (nSPS) is 12.0. The number of sulfone groups is 2. The van der Waals surface area contributed by atoms with E-state index < -0.39 is 41.2 Å². The second kappa shape index (κ2) is 5.94. The van der Waals surface area contributed by atoms with Crippen LogP contribution in [0.5, 0.6) is 0 Å². The molecule has 0 atom stereocenters. The van der Waals surface area contributed by atoms with Crippen LogP contribution < -0.4 is 0 Å². The fraction of sp³-hybridized carbons (Fsp3) is 0.333. The highest BCUT2D eigenvalue weighted by Crippen LogP contribution is 2.23. The van der Waals surface area contributed by atoms with Crippen molar-refractivity contribution in [2.24, 2.45) is 0 Å². The molecule has 0 amide bonds. The van der Waals surface area contributed by atoms with Gasteiger partial charge in [-0.05, 0) is 25.1 Å². The lowest BCUT2D eigenvalue weighted by Crippen LogP contribution is -2.18. The minimum atomic E-state index is -3.89. The number of hydrogen-bond donors (Lipinski definition) is 0. The van der Waals surface area contributed by atoms with Crippen LogP contribution in [0, 0.1) is 0 Å². The molecule has 0 saturated carbocycles. The highest BCUT2D eigenvalue weighted by molar-refractivity contribution is 7.93. The molecule has 21 heavy (non-hydrogen) atoms. The van der Waals surface area contributed by atoms with Crippen molar-refractivity contribution >= 4 is 31.4 Å². The molecule has 1 aromatic rings. The van der Waals surface area contributed by atoms with Crippen LogP contribution in [-0.4, -0.2) is 47.7 Å². The number of hydrogen-bond acceptors (Lipinski definition) is 7. The lowest BCUT2D eigenvalue weighted by molar-refractivity contribution is -0.137. The van der Waals surface area contributed by atoms with Crippen LogP contribution in [0.2, 0.25) is 0 Å². The third kappa shape index (κ3) is 4.11. The van der Waals surface area contributed by atoms with E-state index in [1.165, 1.54) is 6.92 Å². The Kier molecular flexibility index (Phi) is 4.90. The molecular formula is C12H14O7S2. The topological polar surface area (TPSA) is 112 Å². The minimum absolute atomic E-state index is 0.00900. The van der Waals surface area contributed by atoms with Crippen molar-refractivity contribution < 1.29 is 31.2 Å². The first kappa shape index (κ1) is 17.3. The summed E-state index contributed by atoms with van der Waals surface area (Å²) >= 11 is 0. The van der Waals surface area contributed by atoms with Crippen molar-refractivity contribution in [2.75, 3.05) is 19.1 Å². The number of benzene rings is 1. The van der Waals surface area contributed by atoms with Crippen LogP contribution in [0.4, 0.5) is 0 Å². The summed E-state index contributed by atoms with van der Waals surface area (Å²) in [7, 11) is -7.69. The van der Waals surface area contributed by atoms with Gasteiger partial charge < -0.3 is 4.74 Å². The Morgan fingerprint density at radius 2 is 1.52 bits per heavy atom. The molecule has 0 N–H and O–H groups in total. The number of rotatable bonds is 5. The summed E-state index contributed by atoms with van der Waals surface area (Å²) in [6, 6.07) is 2.92. The van der Waals surface area contributed by atoms with Gasteiger partial charge in [-0.1, -0.05) is 0 Å². The number of carbonyl (C=O) groups excluding carboxylic acids is 2. The summed E-state index contributed by atoms with van der Waals surface area (Å²) in [5.74, 6) is -2.18. The van der Waals surface area contributed by atoms with Crippen LogP contribution in [0.3, 0.4) is 0 Å². The van der Waals surface area contributed by atoms with Gasteiger partial charge in [0.1, 0.15) is 0 Å². The molecule has 0 heterocycles. The zero-order valence-electron chi connectivity index (χ0n) is 11.6. The number of carbonyl (C=O) groups is 2. The molecule has 0 unspecified atom stereocenters. The maximum absolute atomic E-state index is 11.8. The van der Waals surface area contributed by atoms with Crippen LogP contribution in [-0.2, 0) is 29.2 Å². The average Bonchev–Trinajstić information content (AvgIpc) is 2.35. The third-order valence-corrected chi connectivity index (χ3v) is 4.89. The van der Waals surface area contributed by atoms with Gasteiger partial charge in [-0.2, -0.15) is 0 Å². The molecule has 0 aliphatic carbocycles. The van der Waals surface area contributed by atoms with E-state index in [4.69, 9.17) is 0 Å². The maximum Gasteiger partial charge on any atom is 0.379 e. The van der Waals surface area contributed by atoms with Gasteiger partial charge in [0.2, 0.25) is 0 Å². The molecule has 0 bridgehead atoms. The van der Waals surface area contributed by atoms with Gasteiger partial charge in [0.15, 0.2) is 19.7 Å². The van der Waals surface area contributed by atoms with Gasteiger partial charge in [0.05, 0.1) is 16.4 Å². The Hall–Kier alpha value is -1.74. The molecule has 1 aromatic carbocycles. The Balaban J connectivity index is 3.50. The molecule has 1 rings (SSSR count). The Labute approximate surface area is 122 Å². The van der Waals surface area contributed by atoms with E-state index in [2.05, 4.69) is 4.74 Å². The Morgan fingerprint density at radius 3 is 1.95 bits per heavy atom. The number of Topliss-reactive ketones (excluding diaryl/α,β-unsaturated/α-hetero) is 1. The smallest absolute Gasteiger partial charge is 0.379 e. The van der Waals surface area contributed by atoms with Crippen LogP contribution in [0.25, 0.3) is 0 Å². The first-order chi connectivity index (χ1) is 9.48. The molecule has 0 fully saturated rings. The number of ketones is 1. The van der Waals surface area contributed by atoms with Crippen molar-refractivity contribution in [3.63, 3.8) is 0 Å². The molecule has 0 aliphatic rings. The third-order valence-electron chi connectivity index (χ3n) is 2.47. The first-order valence-corrected chi connectivity index (χ1v) is 9.52. The molecule has 0 radical (unpaired) electrons. The summed E-state index contributed by atoms with van der Waals surface area (Å²) in [4.78, 5) is 22.1. The van der Waals surface area contributed by atoms with E-state index in [9.17, 15) is 26.4 Å². The minimum Gasteiger partial charge on any atom is -0.460 e. The summed E-state index contributed by atoms with van der Waals surface area (Å²) < 4.78 is 51.0. The second-order valence-electron chi connectivity index (χ2n) is 4.26. The number of esters is 1. The van der Waals surface area contributed by atoms with Crippen molar-refractivity contribution in [1.29, 1.82) is 0 Å². The lowest BCUT2D eigenvalue weighted by atomic mass is 10.1. The summed E-state index contributed by atoms with van der Waals surface area (Å²) in [6.07, 6.45) is 1.67. The van der Waals surface area contributed by atoms with Crippen molar-refractivity contribution in [1.82, 2.24) is 0 Å². The highest BCUT2D eigenvalue weighted by atomic mass is 32.2. The van der Waals surface area contributed by atoms with Gasteiger partial charge in [-0.25, -0.2) is 21.6 Å². The van der Waals surface area contributed by atoms with Gasteiger partial charge in [-0.15, -0.1) is 0 Å². The standard InChI is InChI=1S/C12H14O7S2/c1-4-19-12(14)11(13)8-5-6-9(20(2,15)16)10(7-8)21(3,17)18/h5-7H,4H2,1-3H3. The van der Waals surface area contributed by atoms with Gasteiger partial charge in [0, 0.05) is 18.1 Å². The van der Waals surface area contributed by atoms with Crippen LogP contribution in [0.1, 0.15) is 17.3 Å². The van der Waals surface area contributed by atoms with E-state index in [0.717, 1.165) is 30.7 Å². The van der Waals surface area contributed by atoms with Crippen LogP contribution in [0.15, 0.2) is 28.0 Å². The number of ether oxygens (including phenoxy) is 1. The molecule has 0 saturated heterocycles. The van der Waals surface area contributed by atoms with Crippen molar-refractivity contribution in [3.05, 3.63) is 23.8 Å². The molecule has 9 heteroatoms. The van der Waals surface area contributed by atoms with E-state index >= 15 is 0 Å². The zero-order chi connectivity index (χ0) is 16.4. The maximum atomic E-state index is 11.8. The molecular weight excluding hydrogens is 320 g/mol. The molecule has 0 spiro atoms. The van der Waals surface area contributed by atoms with Gasteiger partial charge >= 0.3 is 5.97 Å². The predicted molar refractivity (Wildman–Crippen MR) is 73.6 cm³/mol. The largest absolute Gasteiger partial charge is 0.460 e. The summed E-state index contributed by atoms with van der Waals surface area (Å²) in [5.41, 5.74) is -0.249. The predicted octanol–water partition coefficient (Wildman–Crippen LogP) is 0.239. The SMILES string of the molecule is CCOC(=O)C(=O)c1ccc(S(C)(=O)=O)c(S(C)(=O)=O)c1. The monoisotopic (exact) mass is 334 g/mol. The molecule has 116 valence electrons. The lowest BCUT2D eigenvalue weighted by Gasteiger charge is -2.08. The summed E-state index contributed by atoms with van der Waals surface area (Å²) in [6.45, 7) is 1.50.